The van der Waals surface area contributed by atoms with E-state index in [4.69, 9.17) is 4.74 Å². The van der Waals surface area contributed by atoms with Gasteiger partial charge in [0.05, 0.1) is 5.69 Å². The molecule has 1 aromatic carbocycles. The van der Waals surface area contributed by atoms with Crippen molar-refractivity contribution in [3.05, 3.63) is 29.3 Å². The number of fused-ring (bicyclic) bond motifs is 1. The number of nitrogens with one attached hydrogen (secondary N) is 1. The van der Waals surface area contributed by atoms with Gasteiger partial charge in [-0.1, -0.05) is 12.1 Å². The SMILES string of the molecule is CC(C)(C)OC(=O)N1CCCc2cc(C3CCCNC3)ccc21. The summed E-state index contributed by atoms with van der Waals surface area (Å²) in [5.74, 6) is 0.603. The van der Waals surface area contributed by atoms with Gasteiger partial charge in [0.1, 0.15) is 5.60 Å². The van der Waals surface area contributed by atoms with Crippen molar-refractivity contribution in [2.24, 2.45) is 0 Å². The number of aryl methyl sites for hydroxylation is 1. The van der Waals surface area contributed by atoms with Crippen LogP contribution in [-0.2, 0) is 11.2 Å². The van der Waals surface area contributed by atoms with Gasteiger partial charge in [-0.3, -0.25) is 4.90 Å². The number of piperidine rings is 1. The molecule has 1 N–H and O–H groups in total. The quantitative estimate of drug-likeness (QED) is 0.856. The van der Waals surface area contributed by atoms with Gasteiger partial charge in [0.2, 0.25) is 0 Å². The summed E-state index contributed by atoms with van der Waals surface area (Å²) in [6.07, 6.45) is 4.31. The normalized spacial score (nSPS) is 21.7. The molecule has 1 unspecified atom stereocenters. The van der Waals surface area contributed by atoms with E-state index in [1.54, 1.807) is 4.90 Å². The molecule has 23 heavy (non-hydrogen) atoms. The van der Waals surface area contributed by atoms with Crippen molar-refractivity contribution in [2.75, 3.05) is 24.5 Å². The smallest absolute Gasteiger partial charge is 0.414 e. The van der Waals surface area contributed by atoms with E-state index in [2.05, 4.69) is 23.5 Å². The minimum Gasteiger partial charge on any atom is -0.443 e. The van der Waals surface area contributed by atoms with Gasteiger partial charge in [-0.15, -0.1) is 0 Å². The molecule has 1 amide bonds. The van der Waals surface area contributed by atoms with Crippen molar-refractivity contribution in [3.8, 4) is 0 Å². The van der Waals surface area contributed by atoms with Gasteiger partial charge in [0.15, 0.2) is 0 Å². The second-order valence-electron chi connectivity index (χ2n) is 7.67. The van der Waals surface area contributed by atoms with Crippen LogP contribution in [0.15, 0.2) is 18.2 Å². The van der Waals surface area contributed by atoms with Crippen molar-refractivity contribution in [3.63, 3.8) is 0 Å². The molecule has 2 heterocycles. The van der Waals surface area contributed by atoms with Crippen LogP contribution in [0.3, 0.4) is 0 Å². The summed E-state index contributed by atoms with van der Waals surface area (Å²) in [5.41, 5.74) is 3.26. The van der Waals surface area contributed by atoms with Crippen LogP contribution >= 0.6 is 0 Å². The first-order valence-corrected chi connectivity index (χ1v) is 8.78. The van der Waals surface area contributed by atoms with Crippen molar-refractivity contribution in [1.82, 2.24) is 5.32 Å². The maximum atomic E-state index is 12.5. The van der Waals surface area contributed by atoms with Crippen LogP contribution in [0.1, 0.15) is 57.1 Å². The molecule has 4 nitrogen and oxygen atoms in total. The van der Waals surface area contributed by atoms with E-state index in [9.17, 15) is 4.79 Å². The summed E-state index contributed by atoms with van der Waals surface area (Å²) in [4.78, 5) is 14.3. The first kappa shape index (κ1) is 16.3. The second-order valence-corrected chi connectivity index (χ2v) is 7.67. The molecule has 2 aliphatic heterocycles. The largest absolute Gasteiger partial charge is 0.443 e. The number of anilines is 1. The summed E-state index contributed by atoms with van der Waals surface area (Å²) >= 11 is 0. The lowest BCUT2D eigenvalue weighted by atomic mass is 9.88. The van der Waals surface area contributed by atoms with Crippen molar-refractivity contribution in [2.45, 2.75) is 58.0 Å². The topological polar surface area (TPSA) is 41.6 Å². The zero-order valence-corrected chi connectivity index (χ0v) is 14.5. The number of benzene rings is 1. The number of carbonyl (C=O) groups is 1. The molecule has 0 aromatic heterocycles. The van der Waals surface area contributed by atoms with Gasteiger partial charge >= 0.3 is 6.09 Å². The summed E-state index contributed by atoms with van der Waals surface area (Å²) < 4.78 is 5.56. The molecule has 0 spiro atoms. The fourth-order valence-electron chi connectivity index (χ4n) is 3.51. The molecule has 1 saturated heterocycles. The average Bonchev–Trinajstić information content (AvgIpc) is 2.53. The Balaban J connectivity index is 1.81. The van der Waals surface area contributed by atoms with Crippen LogP contribution in [0.2, 0.25) is 0 Å². The van der Waals surface area contributed by atoms with Crippen LogP contribution in [0.4, 0.5) is 10.5 Å². The van der Waals surface area contributed by atoms with Crippen LogP contribution in [0.5, 0.6) is 0 Å². The van der Waals surface area contributed by atoms with E-state index < -0.39 is 5.60 Å². The molecule has 3 rings (SSSR count). The van der Waals surface area contributed by atoms with Gasteiger partial charge in [0, 0.05) is 13.1 Å². The van der Waals surface area contributed by atoms with Gasteiger partial charge in [-0.2, -0.15) is 0 Å². The third kappa shape index (κ3) is 3.86. The highest BCUT2D eigenvalue weighted by Crippen LogP contribution is 2.33. The van der Waals surface area contributed by atoms with Gasteiger partial charge < -0.3 is 10.1 Å². The molecule has 1 atom stereocenters. The van der Waals surface area contributed by atoms with Crippen LogP contribution in [-0.4, -0.2) is 31.3 Å². The Hall–Kier alpha value is -1.55. The lowest BCUT2D eigenvalue weighted by Gasteiger charge is -2.32. The van der Waals surface area contributed by atoms with Gasteiger partial charge in [-0.25, -0.2) is 4.79 Å². The first-order valence-electron chi connectivity index (χ1n) is 8.78. The number of hydrogen-bond acceptors (Lipinski definition) is 3. The Morgan fingerprint density at radius 2 is 2.13 bits per heavy atom. The lowest BCUT2D eigenvalue weighted by molar-refractivity contribution is 0.0578. The lowest BCUT2D eigenvalue weighted by Crippen LogP contribution is -2.39. The second kappa shape index (κ2) is 6.52. The first-order chi connectivity index (χ1) is 10.9. The third-order valence-electron chi connectivity index (χ3n) is 4.60. The summed E-state index contributed by atoms with van der Waals surface area (Å²) in [6.45, 7) is 8.67. The van der Waals surface area contributed by atoms with E-state index in [1.165, 1.54) is 24.0 Å². The highest BCUT2D eigenvalue weighted by Gasteiger charge is 2.28. The molecule has 0 radical (unpaired) electrons. The molecule has 1 fully saturated rings. The summed E-state index contributed by atoms with van der Waals surface area (Å²) in [5, 5.41) is 3.48. The van der Waals surface area contributed by atoms with Crippen molar-refractivity contribution < 1.29 is 9.53 Å². The predicted octanol–water partition coefficient (Wildman–Crippen LogP) is 3.84. The number of hydrogen-bond donors (Lipinski definition) is 1. The Kier molecular flexibility index (Phi) is 4.62. The van der Waals surface area contributed by atoms with E-state index >= 15 is 0 Å². The molecular weight excluding hydrogens is 288 g/mol. The maximum absolute atomic E-state index is 12.5. The fraction of sp³-hybridized carbons (Fsp3) is 0.632. The molecule has 126 valence electrons. The number of rotatable bonds is 1. The molecule has 0 saturated carbocycles. The number of nitrogens with zero attached hydrogens (tertiary/aromatic N) is 1. The number of carbonyl (C=O) groups excluding carboxylic acids is 1. The monoisotopic (exact) mass is 316 g/mol. The molecule has 4 heteroatoms. The van der Waals surface area contributed by atoms with Crippen LogP contribution in [0.25, 0.3) is 0 Å². The summed E-state index contributed by atoms with van der Waals surface area (Å²) in [6, 6.07) is 6.62. The van der Waals surface area contributed by atoms with E-state index in [1.807, 2.05) is 20.8 Å². The molecule has 1 aromatic rings. The molecular formula is C19H28N2O2. The van der Waals surface area contributed by atoms with E-state index in [0.29, 0.717) is 5.92 Å². The Bertz CT molecular complexity index is 571. The minimum absolute atomic E-state index is 0.231. The van der Waals surface area contributed by atoms with Crippen LogP contribution < -0.4 is 10.2 Å². The minimum atomic E-state index is -0.456. The predicted molar refractivity (Wildman–Crippen MR) is 93.2 cm³/mol. The molecule has 2 aliphatic rings. The number of amides is 1. The van der Waals surface area contributed by atoms with E-state index in [0.717, 1.165) is 38.2 Å². The fourth-order valence-corrected chi connectivity index (χ4v) is 3.51. The van der Waals surface area contributed by atoms with Gasteiger partial charge in [-0.05, 0) is 76.1 Å². The van der Waals surface area contributed by atoms with Crippen molar-refractivity contribution in [1.29, 1.82) is 0 Å². The third-order valence-corrected chi connectivity index (χ3v) is 4.60. The summed E-state index contributed by atoms with van der Waals surface area (Å²) in [7, 11) is 0. The standard InChI is InChI=1S/C19H28N2O2/c1-19(2,3)23-18(22)21-11-5-7-15-12-14(8-9-17(15)21)16-6-4-10-20-13-16/h8-9,12,16,20H,4-7,10-11,13H2,1-3H3. The average molecular weight is 316 g/mol. The zero-order chi connectivity index (χ0) is 16.4. The van der Waals surface area contributed by atoms with Crippen molar-refractivity contribution >= 4 is 11.8 Å². The Labute approximate surface area is 139 Å². The highest BCUT2D eigenvalue weighted by atomic mass is 16.6. The molecule has 0 bridgehead atoms. The van der Waals surface area contributed by atoms with Crippen LogP contribution in [0, 0.1) is 0 Å². The van der Waals surface area contributed by atoms with E-state index in [-0.39, 0.29) is 6.09 Å². The zero-order valence-electron chi connectivity index (χ0n) is 14.5. The Morgan fingerprint density at radius 3 is 2.83 bits per heavy atom. The Morgan fingerprint density at radius 1 is 1.30 bits per heavy atom. The maximum Gasteiger partial charge on any atom is 0.414 e. The number of ether oxygens (including phenoxy) is 1. The molecule has 0 aliphatic carbocycles. The van der Waals surface area contributed by atoms with Gasteiger partial charge in [0.25, 0.3) is 0 Å². The highest BCUT2D eigenvalue weighted by molar-refractivity contribution is 5.89.